The number of hydrogen-bond donors (Lipinski definition) is 1. The largest absolute Gasteiger partial charge is 0.480 e. The summed E-state index contributed by atoms with van der Waals surface area (Å²) in [5.74, 6) is -0.0906. The van der Waals surface area contributed by atoms with Crippen molar-refractivity contribution in [3.05, 3.63) is 34.6 Å². The van der Waals surface area contributed by atoms with Crippen LogP contribution in [0.25, 0.3) is 16.7 Å². The van der Waals surface area contributed by atoms with Crippen LogP contribution in [0, 0.1) is 5.92 Å². The topological polar surface area (TPSA) is 112 Å². The third-order valence-electron chi connectivity index (χ3n) is 3.89. The minimum Gasteiger partial charge on any atom is -0.480 e. The van der Waals surface area contributed by atoms with Crippen LogP contribution in [0.1, 0.15) is 32.1 Å². The molecule has 0 amide bonds. The highest BCUT2D eigenvalue weighted by molar-refractivity contribution is 5.79. The van der Waals surface area contributed by atoms with Crippen LogP contribution in [-0.2, 0) is 16.1 Å². The van der Waals surface area contributed by atoms with Crippen molar-refractivity contribution in [2.45, 2.75) is 32.9 Å². The summed E-state index contributed by atoms with van der Waals surface area (Å²) in [6, 6.07) is 0.736. The fourth-order valence-corrected chi connectivity index (χ4v) is 2.79. The summed E-state index contributed by atoms with van der Waals surface area (Å²) in [4.78, 5) is 32.8. The van der Waals surface area contributed by atoms with Gasteiger partial charge in [0.15, 0.2) is 5.82 Å². The van der Waals surface area contributed by atoms with E-state index >= 15 is 0 Å². The normalized spacial score (nSPS) is 13.0. The van der Waals surface area contributed by atoms with E-state index in [1.165, 1.54) is 28.6 Å². The lowest BCUT2D eigenvalue weighted by atomic mass is 10.0. The zero-order valence-corrected chi connectivity index (χ0v) is 14.2. The van der Waals surface area contributed by atoms with E-state index in [9.17, 15) is 14.7 Å². The fourth-order valence-electron chi connectivity index (χ4n) is 2.79. The minimum absolute atomic E-state index is 0.135. The Hall–Kier alpha value is -2.81. The first kappa shape index (κ1) is 17.0. The molecule has 3 aromatic heterocycles. The summed E-state index contributed by atoms with van der Waals surface area (Å²) >= 11 is 0. The Morgan fingerprint density at radius 2 is 2.16 bits per heavy atom. The van der Waals surface area contributed by atoms with Gasteiger partial charge in [-0.2, -0.15) is 9.50 Å². The van der Waals surface area contributed by atoms with Crippen molar-refractivity contribution in [3.63, 3.8) is 0 Å². The highest BCUT2D eigenvalue weighted by Crippen LogP contribution is 2.18. The quantitative estimate of drug-likeness (QED) is 0.715. The number of nitrogens with zero attached hydrogens (tertiary/aromatic N) is 5. The molecule has 0 aliphatic heterocycles. The van der Waals surface area contributed by atoms with Crippen LogP contribution in [0.4, 0.5) is 0 Å². The second-order valence-electron chi connectivity index (χ2n) is 6.24. The van der Waals surface area contributed by atoms with Gasteiger partial charge < -0.3 is 14.4 Å². The lowest BCUT2D eigenvalue weighted by molar-refractivity contribution is -0.141. The molecule has 9 heteroatoms. The molecule has 0 unspecified atom stereocenters. The van der Waals surface area contributed by atoms with Gasteiger partial charge in [0.25, 0.3) is 11.3 Å². The number of rotatable bonds is 6. The van der Waals surface area contributed by atoms with Gasteiger partial charge in [-0.05, 0) is 18.4 Å². The average Bonchev–Trinajstić information content (AvgIpc) is 2.96. The first-order chi connectivity index (χ1) is 11.9. The van der Waals surface area contributed by atoms with E-state index in [0.717, 1.165) is 0 Å². The Bertz CT molecular complexity index is 991. The average molecular weight is 345 g/mol. The van der Waals surface area contributed by atoms with Crippen LogP contribution >= 0.6 is 0 Å². The summed E-state index contributed by atoms with van der Waals surface area (Å²) in [5.41, 5.74) is 0.110. The third-order valence-corrected chi connectivity index (χ3v) is 3.89. The number of aliphatic carboxylic acids is 1. The number of carboxylic acids is 1. The second kappa shape index (κ2) is 6.60. The van der Waals surface area contributed by atoms with Crippen molar-refractivity contribution < 1.29 is 14.6 Å². The van der Waals surface area contributed by atoms with Crippen molar-refractivity contribution in [2.24, 2.45) is 5.92 Å². The molecule has 0 spiro atoms. The number of fused-ring (bicyclic) bond motifs is 3. The molecule has 0 saturated heterocycles. The lowest BCUT2D eigenvalue weighted by Crippen LogP contribution is -2.30. The molecule has 0 aromatic carbocycles. The number of carbonyl (C=O) groups is 1. The van der Waals surface area contributed by atoms with Gasteiger partial charge in [0, 0.05) is 19.5 Å². The lowest BCUT2D eigenvalue weighted by Gasteiger charge is -2.18. The van der Waals surface area contributed by atoms with Gasteiger partial charge in [0.1, 0.15) is 12.6 Å². The molecule has 3 heterocycles. The molecular weight excluding hydrogens is 326 g/mol. The molecule has 0 aliphatic rings. The van der Waals surface area contributed by atoms with E-state index in [-0.39, 0.29) is 12.5 Å². The number of methoxy groups -OCH3 is 1. The van der Waals surface area contributed by atoms with Gasteiger partial charge >= 0.3 is 5.97 Å². The highest BCUT2D eigenvalue weighted by atomic mass is 16.5. The fraction of sp³-hybridized carbons (Fsp3) is 0.438. The van der Waals surface area contributed by atoms with E-state index < -0.39 is 17.6 Å². The van der Waals surface area contributed by atoms with Gasteiger partial charge in [-0.25, -0.2) is 9.78 Å². The first-order valence-corrected chi connectivity index (χ1v) is 7.89. The van der Waals surface area contributed by atoms with E-state index in [0.29, 0.717) is 28.9 Å². The van der Waals surface area contributed by atoms with Crippen LogP contribution in [0.2, 0.25) is 0 Å². The van der Waals surface area contributed by atoms with Gasteiger partial charge in [-0.3, -0.25) is 4.79 Å². The highest BCUT2D eigenvalue weighted by Gasteiger charge is 2.23. The Labute approximate surface area is 142 Å². The Balaban J connectivity index is 2.18. The predicted octanol–water partition coefficient (Wildman–Crippen LogP) is 1.26. The molecule has 0 bridgehead atoms. The monoisotopic (exact) mass is 345 g/mol. The predicted molar refractivity (Wildman–Crippen MR) is 89.4 cm³/mol. The van der Waals surface area contributed by atoms with Gasteiger partial charge in [0.05, 0.1) is 10.9 Å². The molecule has 1 N–H and O–H groups in total. The maximum Gasteiger partial charge on any atom is 0.326 e. The van der Waals surface area contributed by atoms with E-state index in [2.05, 4.69) is 15.1 Å². The van der Waals surface area contributed by atoms with Crippen LogP contribution in [0.15, 0.2) is 23.3 Å². The molecule has 25 heavy (non-hydrogen) atoms. The van der Waals surface area contributed by atoms with Gasteiger partial charge in [0.2, 0.25) is 0 Å². The summed E-state index contributed by atoms with van der Waals surface area (Å²) in [6.45, 7) is 4.07. The number of pyridine rings is 1. The van der Waals surface area contributed by atoms with E-state index in [1.807, 2.05) is 13.8 Å². The summed E-state index contributed by atoms with van der Waals surface area (Å²) in [7, 11) is 1.54. The van der Waals surface area contributed by atoms with Crippen molar-refractivity contribution in [1.82, 2.24) is 24.1 Å². The van der Waals surface area contributed by atoms with Crippen molar-refractivity contribution in [1.29, 1.82) is 0 Å². The smallest absolute Gasteiger partial charge is 0.326 e. The van der Waals surface area contributed by atoms with Crippen molar-refractivity contribution in [2.75, 3.05) is 7.11 Å². The second-order valence-corrected chi connectivity index (χ2v) is 6.24. The SMILES string of the molecule is COCc1nc2ncc3c(=O)n([C@@H](CC(C)C)C(=O)O)ccc3n2n1. The standard InChI is InChI=1S/C16H19N5O4/c1-9(2)6-12(15(23)24)20-5-4-11-10(14(20)22)7-17-16-18-13(8-25-3)19-21(11)16/h4-5,7,9,12H,6,8H2,1-3H3,(H,23,24)/t12-/m0/s1. The molecule has 132 valence electrons. The maximum absolute atomic E-state index is 12.8. The van der Waals surface area contributed by atoms with E-state index in [1.54, 1.807) is 6.07 Å². The van der Waals surface area contributed by atoms with E-state index in [4.69, 9.17) is 4.74 Å². The molecule has 0 fully saturated rings. The number of ether oxygens (including phenoxy) is 1. The number of carboxylic acid groups (broad SMARTS) is 1. The summed E-state index contributed by atoms with van der Waals surface area (Å²) in [6.07, 6.45) is 3.25. The molecule has 0 aliphatic carbocycles. The molecule has 9 nitrogen and oxygen atoms in total. The molecule has 3 aromatic rings. The maximum atomic E-state index is 12.8. The summed E-state index contributed by atoms with van der Waals surface area (Å²) in [5, 5.41) is 14.1. The van der Waals surface area contributed by atoms with Crippen LogP contribution in [0.5, 0.6) is 0 Å². The van der Waals surface area contributed by atoms with Crippen molar-refractivity contribution in [3.8, 4) is 0 Å². The molecule has 3 rings (SSSR count). The number of hydrogen-bond acceptors (Lipinski definition) is 6. The molecule has 0 saturated carbocycles. The van der Waals surface area contributed by atoms with Crippen LogP contribution in [-0.4, -0.2) is 42.3 Å². The molecule has 1 atom stereocenters. The Morgan fingerprint density at radius 3 is 2.80 bits per heavy atom. The summed E-state index contributed by atoms with van der Waals surface area (Å²) < 4.78 is 7.72. The van der Waals surface area contributed by atoms with Crippen LogP contribution in [0.3, 0.4) is 0 Å². The zero-order valence-electron chi connectivity index (χ0n) is 14.2. The van der Waals surface area contributed by atoms with Crippen LogP contribution < -0.4 is 5.56 Å². The Morgan fingerprint density at radius 1 is 1.40 bits per heavy atom. The van der Waals surface area contributed by atoms with Gasteiger partial charge in [-0.15, -0.1) is 5.10 Å². The molecular formula is C16H19N5O4. The number of aromatic nitrogens is 5. The van der Waals surface area contributed by atoms with Crippen molar-refractivity contribution >= 4 is 22.6 Å². The first-order valence-electron chi connectivity index (χ1n) is 7.89. The molecule has 0 radical (unpaired) electrons. The Kier molecular flexibility index (Phi) is 4.49. The third kappa shape index (κ3) is 3.10. The minimum atomic E-state index is -1.03. The zero-order chi connectivity index (χ0) is 18.1. The van der Waals surface area contributed by atoms with Gasteiger partial charge in [-0.1, -0.05) is 13.8 Å².